The summed E-state index contributed by atoms with van der Waals surface area (Å²) >= 11 is 7.48. The highest BCUT2D eigenvalue weighted by Crippen LogP contribution is 2.23. The lowest BCUT2D eigenvalue weighted by Crippen LogP contribution is -2.06. The van der Waals surface area contributed by atoms with Gasteiger partial charge >= 0.3 is 0 Å². The highest BCUT2D eigenvalue weighted by molar-refractivity contribution is 7.99. The van der Waals surface area contributed by atoms with Gasteiger partial charge in [-0.25, -0.2) is 0 Å². The van der Waals surface area contributed by atoms with Gasteiger partial charge in [0.05, 0.1) is 0 Å². The number of para-hydroxylation sites is 1. The highest BCUT2D eigenvalue weighted by atomic mass is 35.5. The average molecular weight is 358 g/mol. The van der Waals surface area contributed by atoms with Crippen LogP contribution in [0.5, 0.6) is 5.75 Å². The van der Waals surface area contributed by atoms with Crippen molar-refractivity contribution in [1.82, 2.24) is 14.8 Å². The minimum absolute atomic E-state index is 0.318. The molecule has 0 atom stereocenters. The molecule has 0 bridgehead atoms. The van der Waals surface area contributed by atoms with E-state index >= 15 is 0 Å². The van der Waals surface area contributed by atoms with Gasteiger partial charge in [0, 0.05) is 16.5 Å². The summed E-state index contributed by atoms with van der Waals surface area (Å²) < 4.78 is 7.82. The van der Waals surface area contributed by atoms with Crippen molar-refractivity contribution in [3.8, 4) is 11.4 Å². The lowest BCUT2D eigenvalue weighted by atomic mass is 10.3. The normalized spacial score (nSPS) is 10.5. The molecule has 0 spiro atoms. The van der Waals surface area contributed by atoms with Crippen LogP contribution in [0.25, 0.3) is 5.69 Å². The van der Waals surface area contributed by atoms with Gasteiger partial charge in [0.15, 0.2) is 11.0 Å². The molecule has 0 saturated carbocycles. The number of hydrogen-bond acceptors (Lipinski definition) is 4. The molecule has 0 radical (unpaired) electrons. The molecule has 3 rings (SSSR count). The van der Waals surface area contributed by atoms with Crippen molar-refractivity contribution in [2.75, 3.05) is 5.75 Å². The number of aromatic nitrogens is 3. The van der Waals surface area contributed by atoms with E-state index in [0.717, 1.165) is 28.2 Å². The van der Waals surface area contributed by atoms with Crippen molar-refractivity contribution in [2.24, 2.45) is 0 Å². The zero-order valence-electron chi connectivity index (χ0n) is 12.9. The molecule has 1 aromatic heterocycles. The first-order valence-corrected chi connectivity index (χ1v) is 8.76. The lowest BCUT2D eigenvalue weighted by molar-refractivity contribution is 0.293. The predicted molar refractivity (Wildman–Crippen MR) is 98.1 cm³/mol. The van der Waals surface area contributed by atoms with Gasteiger partial charge in [0.1, 0.15) is 12.4 Å². The monoisotopic (exact) mass is 357 g/mol. The Morgan fingerprint density at radius 2 is 1.83 bits per heavy atom. The maximum Gasteiger partial charge on any atom is 0.196 e. The molecule has 6 heteroatoms. The number of thioether (sulfide) groups is 1. The van der Waals surface area contributed by atoms with Crippen LogP contribution in [-0.2, 0) is 6.61 Å². The molecule has 1 heterocycles. The second-order valence-corrected chi connectivity index (χ2v) is 6.34. The van der Waals surface area contributed by atoms with Crippen molar-refractivity contribution in [3.63, 3.8) is 0 Å². The molecule has 122 valence electrons. The second-order valence-electron chi connectivity index (χ2n) is 4.91. The summed E-state index contributed by atoms with van der Waals surface area (Å²) in [5, 5.41) is 10.1. The minimum Gasteiger partial charge on any atom is -0.486 e. The summed E-state index contributed by atoms with van der Waals surface area (Å²) in [5.41, 5.74) is 1.00. The Morgan fingerprint density at radius 3 is 2.54 bits per heavy atom. The van der Waals surface area contributed by atoms with Crippen LogP contribution in [0.2, 0.25) is 5.02 Å². The number of rotatable bonds is 7. The SMILES string of the molecule is C=CCSc1nnc(COc2ccc(Cl)cc2)n1-c1ccccc1. The fourth-order valence-electron chi connectivity index (χ4n) is 2.14. The fraction of sp³-hybridized carbons (Fsp3) is 0.111. The maximum absolute atomic E-state index is 5.89. The maximum atomic E-state index is 5.89. The smallest absolute Gasteiger partial charge is 0.196 e. The molecule has 0 N–H and O–H groups in total. The Morgan fingerprint density at radius 1 is 1.08 bits per heavy atom. The van der Waals surface area contributed by atoms with Crippen LogP contribution >= 0.6 is 23.4 Å². The summed E-state index contributed by atoms with van der Waals surface area (Å²) in [5.74, 6) is 2.24. The summed E-state index contributed by atoms with van der Waals surface area (Å²) in [7, 11) is 0. The predicted octanol–water partition coefficient (Wildman–Crippen LogP) is 4.78. The Hall–Kier alpha value is -2.24. The van der Waals surface area contributed by atoms with Crippen molar-refractivity contribution in [3.05, 3.63) is 78.1 Å². The molecule has 4 nitrogen and oxygen atoms in total. The molecule has 2 aromatic carbocycles. The first-order chi connectivity index (χ1) is 11.8. The third-order valence-corrected chi connectivity index (χ3v) is 4.40. The Labute approximate surface area is 150 Å². The molecule has 0 fully saturated rings. The summed E-state index contributed by atoms with van der Waals surface area (Å²) in [6.07, 6.45) is 1.85. The average Bonchev–Trinajstić information content (AvgIpc) is 3.03. The summed E-state index contributed by atoms with van der Waals surface area (Å²) in [6, 6.07) is 17.3. The first-order valence-electron chi connectivity index (χ1n) is 7.39. The Balaban J connectivity index is 1.85. The summed E-state index contributed by atoms with van der Waals surface area (Å²) in [6.45, 7) is 4.07. The molecule has 0 aliphatic rings. The van der Waals surface area contributed by atoms with Crippen LogP contribution in [0.1, 0.15) is 5.82 Å². The van der Waals surface area contributed by atoms with Gasteiger partial charge < -0.3 is 4.74 Å². The zero-order valence-corrected chi connectivity index (χ0v) is 14.5. The van der Waals surface area contributed by atoms with E-state index in [9.17, 15) is 0 Å². The molecular weight excluding hydrogens is 342 g/mol. The number of benzene rings is 2. The van der Waals surface area contributed by atoms with Crippen LogP contribution in [0.15, 0.2) is 72.4 Å². The first kappa shape index (κ1) is 16.6. The van der Waals surface area contributed by atoms with Crippen LogP contribution in [0, 0.1) is 0 Å². The molecule has 0 aliphatic heterocycles. The molecule has 0 unspecified atom stereocenters. The van der Waals surface area contributed by atoms with Crippen LogP contribution in [-0.4, -0.2) is 20.5 Å². The van der Waals surface area contributed by atoms with Gasteiger partial charge in [-0.1, -0.05) is 47.6 Å². The van der Waals surface area contributed by atoms with Crippen molar-refractivity contribution >= 4 is 23.4 Å². The van der Waals surface area contributed by atoms with E-state index in [1.807, 2.05) is 53.1 Å². The van der Waals surface area contributed by atoms with E-state index in [0.29, 0.717) is 11.6 Å². The van der Waals surface area contributed by atoms with E-state index in [1.54, 1.807) is 23.9 Å². The van der Waals surface area contributed by atoms with Crippen molar-refractivity contribution < 1.29 is 4.74 Å². The molecule has 0 aliphatic carbocycles. The number of ether oxygens (including phenoxy) is 1. The van der Waals surface area contributed by atoms with Crippen molar-refractivity contribution in [1.29, 1.82) is 0 Å². The van der Waals surface area contributed by atoms with E-state index in [-0.39, 0.29) is 0 Å². The Kier molecular flexibility index (Phi) is 5.56. The molecule has 24 heavy (non-hydrogen) atoms. The number of nitrogens with zero attached hydrogens (tertiary/aromatic N) is 3. The van der Waals surface area contributed by atoms with Crippen LogP contribution < -0.4 is 4.74 Å². The molecular formula is C18H16ClN3OS. The third-order valence-electron chi connectivity index (χ3n) is 3.23. The summed E-state index contributed by atoms with van der Waals surface area (Å²) in [4.78, 5) is 0. The van der Waals surface area contributed by atoms with Crippen LogP contribution in [0.3, 0.4) is 0 Å². The number of halogens is 1. The standard InChI is InChI=1S/C18H16ClN3OS/c1-2-12-24-18-21-20-17(22(18)15-6-4-3-5-7-15)13-23-16-10-8-14(19)9-11-16/h2-11H,1,12-13H2. The highest BCUT2D eigenvalue weighted by Gasteiger charge is 2.14. The van der Waals surface area contributed by atoms with Gasteiger partial charge in [-0.2, -0.15) is 0 Å². The largest absolute Gasteiger partial charge is 0.486 e. The minimum atomic E-state index is 0.318. The van der Waals surface area contributed by atoms with Gasteiger partial charge in [-0.05, 0) is 36.4 Å². The fourth-order valence-corrected chi connectivity index (χ4v) is 2.97. The van der Waals surface area contributed by atoms with E-state index < -0.39 is 0 Å². The van der Waals surface area contributed by atoms with Gasteiger partial charge in [-0.15, -0.1) is 16.8 Å². The topological polar surface area (TPSA) is 39.9 Å². The molecule has 3 aromatic rings. The van der Waals surface area contributed by atoms with E-state index in [2.05, 4.69) is 16.8 Å². The molecule has 0 saturated heterocycles. The van der Waals surface area contributed by atoms with Crippen LogP contribution in [0.4, 0.5) is 0 Å². The van der Waals surface area contributed by atoms with E-state index in [1.165, 1.54) is 0 Å². The lowest BCUT2D eigenvalue weighted by Gasteiger charge is -2.10. The number of hydrogen-bond donors (Lipinski definition) is 0. The Bertz CT molecular complexity index is 803. The van der Waals surface area contributed by atoms with Crippen molar-refractivity contribution in [2.45, 2.75) is 11.8 Å². The van der Waals surface area contributed by atoms with Gasteiger partial charge in [-0.3, -0.25) is 4.57 Å². The van der Waals surface area contributed by atoms with Gasteiger partial charge in [0.25, 0.3) is 0 Å². The quantitative estimate of drug-likeness (QED) is 0.450. The molecule has 0 amide bonds. The third kappa shape index (κ3) is 3.99. The second kappa shape index (κ2) is 8.04. The van der Waals surface area contributed by atoms with Gasteiger partial charge in [0.2, 0.25) is 0 Å². The van der Waals surface area contributed by atoms with E-state index in [4.69, 9.17) is 16.3 Å². The zero-order chi connectivity index (χ0) is 16.8.